The fourth-order valence-corrected chi connectivity index (χ4v) is 3.29. The molecule has 1 aromatic rings. The molecule has 1 aromatic carbocycles. The topological polar surface area (TPSA) is 35.2 Å². The van der Waals surface area contributed by atoms with E-state index in [9.17, 15) is 0 Å². The van der Waals surface area contributed by atoms with Crippen LogP contribution in [0.1, 0.15) is 52.5 Å². The van der Waals surface area contributed by atoms with E-state index in [4.69, 9.17) is 10.5 Å². The van der Waals surface area contributed by atoms with E-state index < -0.39 is 0 Å². The fraction of sp³-hybridized carbons (Fsp3) is 0.647. The van der Waals surface area contributed by atoms with E-state index in [1.165, 1.54) is 18.4 Å². The molecule has 0 heterocycles. The van der Waals surface area contributed by atoms with Crippen LogP contribution in [-0.2, 0) is 5.54 Å². The second kappa shape index (κ2) is 5.54. The van der Waals surface area contributed by atoms with E-state index >= 15 is 0 Å². The van der Waals surface area contributed by atoms with Crippen molar-refractivity contribution in [2.75, 3.05) is 0 Å². The minimum atomic E-state index is -0.247. The summed E-state index contributed by atoms with van der Waals surface area (Å²) < 4.78 is 5.97. The maximum atomic E-state index is 6.81. The molecule has 0 amide bonds. The number of nitrogens with two attached hydrogens (primary N) is 1. The van der Waals surface area contributed by atoms with Crippen LogP contribution in [0.4, 0.5) is 0 Å². The first-order chi connectivity index (χ1) is 8.95. The average molecular weight is 261 g/mol. The summed E-state index contributed by atoms with van der Waals surface area (Å²) in [5.74, 6) is 2.12. The van der Waals surface area contributed by atoms with E-state index in [2.05, 4.69) is 45.9 Å². The van der Waals surface area contributed by atoms with Gasteiger partial charge >= 0.3 is 0 Å². The van der Waals surface area contributed by atoms with Crippen LogP contribution in [0, 0.1) is 11.8 Å². The molecule has 0 spiro atoms. The third kappa shape index (κ3) is 2.79. The molecule has 3 atom stereocenters. The minimum absolute atomic E-state index is 0.182. The van der Waals surface area contributed by atoms with E-state index in [0.29, 0.717) is 11.8 Å². The molecule has 2 N–H and O–H groups in total. The number of para-hydroxylation sites is 1. The van der Waals surface area contributed by atoms with Gasteiger partial charge in [-0.05, 0) is 38.2 Å². The van der Waals surface area contributed by atoms with Crippen molar-refractivity contribution in [2.24, 2.45) is 17.6 Å². The molecule has 0 aliphatic heterocycles. The lowest BCUT2D eigenvalue weighted by Gasteiger charge is -2.44. The lowest BCUT2D eigenvalue weighted by atomic mass is 9.65. The summed E-state index contributed by atoms with van der Waals surface area (Å²) in [5.41, 5.74) is 7.75. The Morgan fingerprint density at radius 3 is 2.63 bits per heavy atom. The number of hydrogen-bond acceptors (Lipinski definition) is 2. The molecule has 0 aromatic heterocycles. The van der Waals surface area contributed by atoms with Crippen molar-refractivity contribution >= 4 is 0 Å². The van der Waals surface area contributed by atoms with Crippen LogP contribution in [0.25, 0.3) is 0 Å². The molecule has 106 valence electrons. The highest BCUT2D eigenvalue weighted by Crippen LogP contribution is 2.45. The maximum Gasteiger partial charge on any atom is 0.124 e. The zero-order valence-electron chi connectivity index (χ0n) is 12.6. The molecule has 2 rings (SSSR count). The van der Waals surface area contributed by atoms with Gasteiger partial charge in [0.25, 0.3) is 0 Å². The summed E-state index contributed by atoms with van der Waals surface area (Å²) in [4.78, 5) is 0. The smallest absolute Gasteiger partial charge is 0.124 e. The van der Waals surface area contributed by atoms with Gasteiger partial charge in [-0.2, -0.15) is 0 Å². The number of rotatable bonds is 3. The van der Waals surface area contributed by atoms with Crippen LogP contribution in [0.5, 0.6) is 5.75 Å². The molecule has 19 heavy (non-hydrogen) atoms. The zero-order valence-corrected chi connectivity index (χ0v) is 12.6. The summed E-state index contributed by atoms with van der Waals surface area (Å²) >= 11 is 0. The summed E-state index contributed by atoms with van der Waals surface area (Å²) in [7, 11) is 0. The number of ether oxygens (including phenoxy) is 1. The Labute approximate surface area is 117 Å². The fourth-order valence-electron chi connectivity index (χ4n) is 3.29. The molecular formula is C17H27NO. The average Bonchev–Trinajstić information content (AvgIpc) is 2.36. The van der Waals surface area contributed by atoms with Gasteiger partial charge in [0.05, 0.1) is 6.10 Å². The van der Waals surface area contributed by atoms with E-state index in [1.54, 1.807) is 0 Å². The van der Waals surface area contributed by atoms with Gasteiger partial charge in [-0.3, -0.25) is 0 Å². The Morgan fingerprint density at radius 2 is 1.95 bits per heavy atom. The molecule has 1 saturated carbocycles. The van der Waals surface area contributed by atoms with Crippen molar-refractivity contribution in [3.63, 3.8) is 0 Å². The Bertz CT molecular complexity index is 429. The van der Waals surface area contributed by atoms with Gasteiger partial charge in [-0.15, -0.1) is 0 Å². The lowest BCUT2D eigenvalue weighted by Crippen LogP contribution is -2.48. The van der Waals surface area contributed by atoms with Gasteiger partial charge in [0, 0.05) is 11.1 Å². The molecule has 1 fully saturated rings. The summed E-state index contributed by atoms with van der Waals surface area (Å²) in [5, 5.41) is 0. The molecule has 1 aliphatic carbocycles. The third-order valence-electron chi connectivity index (χ3n) is 4.67. The minimum Gasteiger partial charge on any atom is -0.491 e. The van der Waals surface area contributed by atoms with E-state index in [1.807, 2.05) is 6.07 Å². The molecule has 3 unspecified atom stereocenters. The highest BCUT2D eigenvalue weighted by Gasteiger charge is 2.41. The van der Waals surface area contributed by atoms with E-state index in [0.717, 1.165) is 12.2 Å². The van der Waals surface area contributed by atoms with Crippen LogP contribution >= 0.6 is 0 Å². The highest BCUT2D eigenvalue weighted by atomic mass is 16.5. The van der Waals surface area contributed by atoms with Gasteiger partial charge in [0.15, 0.2) is 0 Å². The molecule has 0 radical (unpaired) electrons. The first-order valence-electron chi connectivity index (χ1n) is 7.50. The Morgan fingerprint density at radius 1 is 1.26 bits per heavy atom. The van der Waals surface area contributed by atoms with Gasteiger partial charge < -0.3 is 10.5 Å². The van der Waals surface area contributed by atoms with Crippen LogP contribution in [0.3, 0.4) is 0 Å². The van der Waals surface area contributed by atoms with Crippen LogP contribution in [0.15, 0.2) is 24.3 Å². The summed E-state index contributed by atoms with van der Waals surface area (Å²) in [6.07, 6.45) is 3.73. The van der Waals surface area contributed by atoms with Crippen LogP contribution < -0.4 is 10.5 Å². The number of hydrogen-bond donors (Lipinski definition) is 1. The maximum absolute atomic E-state index is 6.81. The largest absolute Gasteiger partial charge is 0.491 e. The van der Waals surface area contributed by atoms with Gasteiger partial charge in [0.2, 0.25) is 0 Å². The molecular weight excluding hydrogens is 234 g/mol. The first kappa shape index (κ1) is 14.4. The highest BCUT2D eigenvalue weighted by molar-refractivity contribution is 5.40. The first-order valence-corrected chi connectivity index (χ1v) is 7.50. The standard InChI is InChI=1S/C17H27NO/c1-12(2)19-16-10-6-5-9-15(16)17(18)11-7-8-13(3)14(17)4/h5-6,9-10,12-14H,7-8,11,18H2,1-4H3. The SMILES string of the molecule is CC(C)Oc1ccccc1C1(N)CCCC(C)C1C. The Hall–Kier alpha value is -1.02. The second-order valence-electron chi connectivity index (χ2n) is 6.36. The molecule has 0 bridgehead atoms. The molecule has 2 nitrogen and oxygen atoms in total. The van der Waals surface area contributed by atoms with Crippen molar-refractivity contribution in [1.29, 1.82) is 0 Å². The zero-order chi connectivity index (χ0) is 14.0. The monoisotopic (exact) mass is 261 g/mol. The van der Waals surface area contributed by atoms with Crippen molar-refractivity contribution < 1.29 is 4.74 Å². The van der Waals surface area contributed by atoms with Crippen LogP contribution in [0.2, 0.25) is 0 Å². The van der Waals surface area contributed by atoms with Gasteiger partial charge in [0.1, 0.15) is 5.75 Å². The quantitative estimate of drug-likeness (QED) is 0.889. The lowest BCUT2D eigenvalue weighted by molar-refractivity contribution is 0.136. The van der Waals surface area contributed by atoms with Crippen LogP contribution in [-0.4, -0.2) is 6.10 Å². The second-order valence-corrected chi connectivity index (χ2v) is 6.36. The molecule has 1 aliphatic rings. The van der Waals surface area contributed by atoms with Crippen molar-refractivity contribution in [3.8, 4) is 5.75 Å². The van der Waals surface area contributed by atoms with Crippen molar-refractivity contribution in [3.05, 3.63) is 29.8 Å². The summed E-state index contributed by atoms with van der Waals surface area (Å²) in [6, 6.07) is 8.30. The van der Waals surface area contributed by atoms with E-state index in [-0.39, 0.29) is 11.6 Å². The third-order valence-corrected chi connectivity index (χ3v) is 4.67. The summed E-state index contributed by atoms with van der Waals surface area (Å²) in [6.45, 7) is 8.73. The Balaban J connectivity index is 2.39. The molecule has 2 heteroatoms. The predicted molar refractivity (Wildman–Crippen MR) is 80.3 cm³/mol. The number of benzene rings is 1. The predicted octanol–water partition coefficient (Wildman–Crippen LogP) is 4.08. The van der Waals surface area contributed by atoms with Gasteiger partial charge in [-0.25, -0.2) is 0 Å². The Kier molecular flexibility index (Phi) is 4.19. The van der Waals surface area contributed by atoms with Gasteiger partial charge in [-0.1, -0.05) is 44.9 Å². The van der Waals surface area contributed by atoms with Crippen molar-refractivity contribution in [2.45, 2.75) is 58.6 Å². The normalized spacial score (nSPS) is 31.5. The molecule has 0 saturated heterocycles. The van der Waals surface area contributed by atoms with Crippen molar-refractivity contribution in [1.82, 2.24) is 0 Å².